The van der Waals surface area contributed by atoms with Crippen LogP contribution in [0.1, 0.15) is 50.6 Å². The molecule has 3 N–H and O–H groups in total. The maximum Gasteiger partial charge on any atom is 0.189 e. The number of rotatable bonds is 2. The number of aliphatic imine (C=N–C) groups is 1. The second kappa shape index (κ2) is 5.23. The van der Waals surface area contributed by atoms with Crippen molar-refractivity contribution in [1.29, 1.82) is 0 Å². The number of guanidine groups is 1. The molecule has 0 bridgehead atoms. The fourth-order valence-electron chi connectivity index (χ4n) is 2.53. The highest BCUT2D eigenvalue weighted by Crippen LogP contribution is 2.23. The van der Waals surface area contributed by atoms with E-state index in [0.29, 0.717) is 12.5 Å². The summed E-state index contributed by atoms with van der Waals surface area (Å²) in [7, 11) is 2.00. The summed E-state index contributed by atoms with van der Waals surface area (Å²) in [4.78, 5) is 4.44. The molecule has 0 spiro atoms. The van der Waals surface area contributed by atoms with Crippen LogP contribution in [-0.4, -0.2) is 21.3 Å². The van der Waals surface area contributed by atoms with E-state index in [1.807, 2.05) is 11.7 Å². The summed E-state index contributed by atoms with van der Waals surface area (Å²) < 4.78 is 1.96. The van der Waals surface area contributed by atoms with E-state index in [-0.39, 0.29) is 5.54 Å². The molecular weight excluding hydrogens is 238 g/mol. The average molecular weight is 263 g/mol. The molecule has 1 aliphatic carbocycles. The van der Waals surface area contributed by atoms with Crippen LogP contribution in [0.3, 0.4) is 0 Å². The first-order chi connectivity index (χ1) is 8.87. The predicted octanol–water partition coefficient (Wildman–Crippen LogP) is 1.50. The van der Waals surface area contributed by atoms with Crippen LogP contribution in [0.2, 0.25) is 0 Å². The summed E-state index contributed by atoms with van der Waals surface area (Å²) in [6.45, 7) is 6.82. The number of aromatic nitrogens is 2. The molecular formula is C14H25N5. The van der Waals surface area contributed by atoms with Crippen molar-refractivity contribution in [2.45, 2.75) is 58.5 Å². The molecule has 1 aromatic heterocycles. The maximum absolute atomic E-state index is 5.91. The maximum atomic E-state index is 5.91. The van der Waals surface area contributed by atoms with Gasteiger partial charge in [-0.25, -0.2) is 4.99 Å². The third kappa shape index (κ3) is 3.49. The van der Waals surface area contributed by atoms with E-state index < -0.39 is 0 Å². The van der Waals surface area contributed by atoms with Crippen LogP contribution in [0.5, 0.6) is 0 Å². The van der Waals surface area contributed by atoms with E-state index in [2.05, 4.69) is 36.2 Å². The number of hydrogen-bond donors (Lipinski definition) is 2. The van der Waals surface area contributed by atoms with Crippen molar-refractivity contribution < 1.29 is 0 Å². The molecule has 0 saturated heterocycles. The van der Waals surface area contributed by atoms with Crippen LogP contribution in [0.4, 0.5) is 0 Å². The highest BCUT2D eigenvalue weighted by Gasteiger charge is 2.19. The Hall–Kier alpha value is -1.52. The van der Waals surface area contributed by atoms with Crippen molar-refractivity contribution in [2.75, 3.05) is 0 Å². The minimum Gasteiger partial charge on any atom is -0.370 e. The summed E-state index contributed by atoms with van der Waals surface area (Å²) in [5.41, 5.74) is 9.70. The van der Waals surface area contributed by atoms with Gasteiger partial charge in [0, 0.05) is 12.6 Å². The third-order valence-electron chi connectivity index (χ3n) is 3.35. The molecule has 5 nitrogen and oxygen atoms in total. The first kappa shape index (κ1) is 13.9. The Morgan fingerprint density at radius 3 is 2.74 bits per heavy atom. The van der Waals surface area contributed by atoms with Gasteiger partial charge in [0.1, 0.15) is 0 Å². The van der Waals surface area contributed by atoms with Crippen LogP contribution in [0.25, 0.3) is 0 Å². The number of nitrogens with two attached hydrogens (primary N) is 1. The first-order valence-corrected chi connectivity index (χ1v) is 6.98. The number of nitrogens with zero attached hydrogens (tertiary/aromatic N) is 3. The SMILES string of the molecule is Cn1nc2c(c1CN=C(N)NC(C)(C)C)CCCC2. The van der Waals surface area contributed by atoms with Crippen molar-refractivity contribution >= 4 is 5.96 Å². The zero-order valence-electron chi connectivity index (χ0n) is 12.5. The molecule has 5 heteroatoms. The topological polar surface area (TPSA) is 68.2 Å². The number of nitrogens with one attached hydrogen (secondary N) is 1. The average Bonchev–Trinajstić information content (AvgIpc) is 2.60. The Bertz CT molecular complexity index is 479. The minimum atomic E-state index is -0.0561. The van der Waals surface area contributed by atoms with Crippen LogP contribution >= 0.6 is 0 Å². The molecule has 2 rings (SSSR count). The monoisotopic (exact) mass is 263 g/mol. The van der Waals surface area contributed by atoms with Gasteiger partial charge in [-0.15, -0.1) is 0 Å². The lowest BCUT2D eigenvalue weighted by Crippen LogP contribution is -2.45. The largest absolute Gasteiger partial charge is 0.370 e. The summed E-state index contributed by atoms with van der Waals surface area (Å²) in [6, 6.07) is 0. The lowest BCUT2D eigenvalue weighted by molar-refractivity contribution is 0.508. The molecule has 19 heavy (non-hydrogen) atoms. The molecule has 0 radical (unpaired) electrons. The normalized spacial score (nSPS) is 16.3. The zero-order valence-corrected chi connectivity index (χ0v) is 12.5. The second-order valence-corrected chi connectivity index (χ2v) is 6.28. The van der Waals surface area contributed by atoms with Crippen molar-refractivity contribution in [3.8, 4) is 0 Å². The van der Waals surface area contributed by atoms with Gasteiger partial charge < -0.3 is 11.1 Å². The quantitative estimate of drug-likeness (QED) is 0.627. The standard InChI is InChI=1S/C14H25N5/c1-14(2,3)17-13(15)16-9-12-10-7-5-6-8-11(10)18-19(12)4/h5-9H2,1-4H3,(H3,15,16,17). The molecule has 0 saturated carbocycles. The highest BCUT2D eigenvalue weighted by atomic mass is 15.3. The number of hydrogen-bond acceptors (Lipinski definition) is 2. The van der Waals surface area contributed by atoms with Crippen LogP contribution in [0, 0.1) is 0 Å². The van der Waals surface area contributed by atoms with Crippen LogP contribution in [0.15, 0.2) is 4.99 Å². The molecule has 0 aliphatic heterocycles. The van der Waals surface area contributed by atoms with Crippen LogP contribution < -0.4 is 11.1 Å². The smallest absolute Gasteiger partial charge is 0.189 e. The molecule has 0 amide bonds. The highest BCUT2D eigenvalue weighted by molar-refractivity contribution is 5.78. The number of aryl methyl sites for hydroxylation is 2. The zero-order chi connectivity index (χ0) is 14.0. The lowest BCUT2D eigenvalue weighted by Gasteiger charge is -2.21. The van der Waals surface area contributed by atoms with Gasteiger partial charge in [-0.05, 0) is 52.0 Å². The van der Waals surface area contributed by atoms with Gasteiger partial charge in [-0.3, -0.25) is 4.68 Å². The molecule has 0 aromatic carbocycles. The first-order valence-electron chi connectivity index (χ1n) is 6.98. The Balaban J connectivity index is 2.11. The van der Waals surface area contributed by atoms with E-state index in [9.17, 15) is 0 Å². The number of fused-ring (bicyclic) bond motifs is 1. The van der Waals surface area contributed by atoms with Crippen LogP contribution in [-0.2, 0) is 26.4 Å². The Morgan fingerprint density at radius 2 is 2.05 bits per heavy atom. The van der Waals surface area contributed by atoms with Crippen molar-refractivity contribution in [3.05, 3.63) is 17.0 Å². The van der Waals surface area contributed by atoms with E-state index in [1.165, 1.54) is 29.8 Å². The van der Waals surface area contributed by atoms with Gasteiger partial charge in [0.05, 0.1) is 17.9 Å². The molecule has 106 valence electrons. The predicted molar refractivity (Wildman–Crippen MR) is 78.1 cm³/mol. The summed E-state index contributed by atoms with van der Waals surface area (Å²) >= 11 is 0. The molecule has 0 unspecified atom stereocenters. The molecule has 1 aromatic rings. The minimum absolute atomic E-state index is 0.0561. The fourth-order valence-corrected chi connectivity index (χ4v) is 2.53. The van der Waals surface area contributed by atoms with Gasteiger partial charge in [0.25, 0.3) is 0 Å². The van der Waals surface area contributed by atoms with Gasteiger partial charge >= 0.3 is 0 Å². The Labute approximate surface area is 115 Å². The fraction of sp³-hybridized carbons (Fsp3) is 0.714. The Kier molecular flexibility index (Phi) is 3.83. The van der Waals surface area contributed by atoms with Gasteiger partial charge in [0.2, 0.25) is 0 Å². The van der Waals surface area contributed by atoms with Crippen molar-refractivity contribution in [1.82, 2.24) is 15.1 Å². The molecule has 1 heterocycles. The lowest BCUT2D eigenvalue weighted by atomic mass is 9.96. The van der Waals surface area contributed by atoms with E-state index in [4.69, 9.17) is 5.73 Å². The summed E-state index contributed by atoms with van der Waals surface area (Å²) in [5.74, 6) is 0.498. The van der Waals surface area contributed by atoms with Crippen molar-refractivity contribution in [2.24, 2.45) is 17.8 Å². The summed E-state index contributed by atoms with van der Waals surface area (Å²) in [6.07, 6.45) is 4.73. The van der Waals surface area contributed by atoms with E-state index in [1.54, 1.807) is 0 Å². The molecule has 1 aliphatic rings. The van der Waals surface area contributed by atoms with Gasteiger partial charge in [-0.1, -0.05) is 0 Å². The van der Waals surface area contributed by atoms with Gasteiger partial charge in [0.15, 0.2) is 5.96 Å². The molecule has 0 fully saturated rings. The summed E-state index contributed by atoms with van der Waals surface area (Å²) in [5, 5.41) is 7.77. The third-order valence-corrected chi connectivity index (χ3v) is 3.35. The molecule has 0 atom stereocenters. The Morgan fingerprint density at radius 1 is 1.37 bits per heavy atom. The van der Waals surface area contributed by atoms with E-state index >= 15 is 0 Å². The van der Waals surface area contributed by atoms with E-state index in [0.717, 1.165) is 12.8 Å². The second-order valence-electron chi connectivity index (χ2n) is 6.28. The van der Waals surface area contributed by atoms with Crippen molar-refractivity contribution in [3.63, 3.8) is 0 Å². The van der Waals surface area contributed by atoms with Gasteiger partial charge in [-0.2, -0.15) is 5.10 Å².